The number of aliphatic hydroxyl groups is 1. The van der Waals surface area contributed by atoms with Gasteiger partial charge in [-0.1, -0.05) is 18.2 Å². The number of ether oxygens (including phenoxy) is 1. The number of anilines is 1. The molecule has 0 aliphatic rings. The van der Waals surface area contributed by atoms with E-state index in [2.05, 4.69) is 10.3 Å². The van der Waals surface area contributed by atoms with Crippen molar-refractivity contribution >= 4 is 22.4 Å². The molecule has 6 heteroatoms. The first-order valence-corrected chi connectivity index (χ1v) is 7.14. The number of aliphatic hydroxyl groups excluding tert-OH is 1. The Kier molecular flexibility index (Phi) is 5.09. The number of amides is 1. The summed E-state index contributed by atoms with van der Waals surface area (Å²) in [5, 5.41) is 14.2. The number of nitrogens with zero attached hydrogens (tertiary/aromatic N) is 1. The van der Waals surface area contributed by atoms with Crippen LogP contribution in [0.4, 0.5) is 5.13 Å². The van der Waals surface area contributed by atoms with E-state index in [9.17, 15) is 9.90 Å². The Labute approximate surface area is 121 Å². The van der Waals surface area contributed by atoms with Gasteiger partial charge in [0, 0.05) is 5.38 Å². The van der Waals surface area contributed by atoms with Gasteiger partial charge in [0.1, 0.15) is 5.75 Å². The molecule has 0 spiro atoms. The summed E-state index contributed by atoms with van der Waals surface area (Å²) in [5.41, 5.74) is 0.561. The van der Waals surface area contributed by atoms with E-state index in [4.69, 9.17) is 4.74 Å². The largest absolute Gasteiger partial charge is 0.493 e. The third kappa shape index (κ3) is 4.32. The second kappa shape index (κ2) is 7.02. The summed E-state index contributed by atoms with van der Waals surface area (Å²) in [5.74, 6) is 0.582. The van der Waals surface area contributed by atoms with Crippen LogP contribution in [0.1, 0.15) is 25.1 Å². The highest BCUT2D eigenvalue weighted by Gasteiger charge is 2.09. The fraction of sp³-hybridized carbons (Fsp3) is 0.286. The van der Waals surface area contributed by atoms with Crippen LogP contribution in [0.3, 0.4) is 0 Å². The summed E-state index contributed by atoms with van der Waals surface area (Å²) < 4.78 is 5.44. The first kappa shape index (κ1) is 14.5. The van der Waals surface area contributed by atoms with Gasteiger partial charge >= 0.3 is 0 Å². The van der Waals surface area contributed by atoms with Crippen molar-refractivity contribution in [1.29, 1.82) is 0 Å². The lowest BCUT2D eigenvalue weighted by Gasteiger charge is -2.05. The second-order valence-electron chi connectivity index (χ2n) is 4.21. The molecule has 2 aromatic rings. The van der Waals surface area contributed by atoms with Crippen LogP contribution in [0.2, 0.25) is 0 Å². The number of aromatic nitrogens is 1. The highest BCUT2D eigenvalue weighted by molar-refractivity contribution is 7.13. The number of carbonyl (C=O) groups excluding carboxylic acids is 1. The lowest BCUT2D eigenvalue weighted by Crippen LogP contribution is -2.15. The molecule has 0 aliphatic heterocycles. The average Bonchev–Trinajstić information content (AvgIpc) is 2.88. The molecule has 0 aliphatic carbocycles. The summed E-state index contributed by atoms with van der Waals surface area (Å²) >= 11 is 1.29. The molecular formula is C14H16N2O3S. The van der Waals surface area contributed by atoms with Gasteiger partial charge in [-0.25, -0.2) is 4.98 Å². The fourth-order valence-corrected chi connectivity index (χ4v) is 2.31. The number of carbonyl (C=O) groups is 1. The van der Waals surface area contributed by atoms with Crippen molar-refractivity contribution in [2.75, 3.05) is 11.9 Å². The molecule has 0 radical (unpaired) electrons. The van der Waals surface area contributed by atoms with Crippen LogP contribution < -0.4 is 10.1 Å². The van der Waals surface area contributed by atoms with Crippen molar-refractivity contribution in [3.05, 3.63) is 41.4 Å². The van der Waals surface area contributed by atoms with Gasteiger partial charge in [-0.05, 0) is 19.1 Å². The number of rotatable bonds is 6. The normalized spacial score (nSPS) is 11.9. The average molecular weight is 292 g/mol. The highest BCUT2D eigenvalue weighted by atomic mass is 32.1. The fourth-order valence-electron chi connectivity index (χ4n) is 1.50. The molecule has 0 fully saturated rings. The number of hydrogen-bond donors (Lipinski definition) is 2. The van der Waals surface area contributed by atoms with E-state index in [1.807, 2.05) is 30.3 Å². The zero-order valence-electron chi connectivity index (χ0n) is 11.1. The van der Waals surface area contributed by atoms with Gasteiger partial charge in [0.2, 0.25) is 5.91 Å². The van der Waals surface area contributed by atoms with Crippen LogP contribution in [0, 0.1) is 0 Å². The van der Waals surface area contributed by atoms with E-state index in [1.165, 1.54) is 11.3 Å². The van der Waals surface area contributed by atoms with Crippen molar-refractivity contribution in [2.45, 2.75) is 19.4 Å². The van der Waals surface area contributed by atoms with Gasteiger partial charge in [0.25, 0.3) is 0 Å². The summed E-state index contributed by atoms with van der Waals surface area (Å²) in [6.07, 6.45) is -0.378. The second-order valence-corrected chi connectivity index (χ2v) is 5.07. The maximum atomic E-state index is 11.7. The van der Waals surface area contributed by atoms with Crippen molar-refractivity contribution in [3.63, 3.8) is 0 Å². The minimum atomic E-state index is -0.627. The zero-order chi connectivity index (χ0) is 14.4. The molecule has 0 bridgehead atoms. The van der Waals surface area contributed by atoms with E-state index >= 15 is 0 Å². The minimum Gasteiger partial charge on any atom is -0.493 e. The molecule has 5 nitrogen and oxygen atoms in total. The van der Waals surface area contributed by atoms with Gasteiger partial charge in [-0.2, -0.15) is 0 Å². The summed E-state index contributed by atoms with van der Waals surface area (Å²) in [6.45, 7) is 1.94. The van der Waals surface area contributed by atoms with E-state index in [-0.39, 0.29) is 12.3 Å². The Hall–Kier alpha value is -1.92. The standard InChI is InChI=1S/C14H16N2O3S/c1-10(17)12-9-20-14(15-12)16-13(18)7-8-19-11-5-3-2-4-6-11/h2-6,9-10,17H,7-8H2,1H3,(H,15,16,18). The molecule has 106 valence electrons. The first-order chi connectivity index (χ1) is 9.65. The monoisotopic (exact) mass is 292 g/mol. The van der Waals surface area contributed by atoms with Crippen molar-refractivity contribution in [1.82, 2.24) is 4.98 Å². The van der Waals surface area contributed by atoms with Crippen LogP contribution >= 0.6 is 11.3 Å². The predicted octanol–water partition coefficient (Wildman–Crippen LogP) is 2.60. The first-order valence-electron chi connectivity index (χ1n) is 6.26. The molecule has 1 unspecified atom stereocenters. The number of nitrogens with one attached hydrogen (secondary N) is 1. The summed E-state index contributed by atoms with van der Waals surface area (Å²) in [4.78, 5) is 15.8. The lowest BCUT2D eigenvalue weighted by atomic mass is 10.3. The number of hydrogen-bond acceptors (Lipinski definition) is 5. The summed E-state index contributed by atoms with van der Waals surface area (Å²) in [6, 6.07) is 9.34. The van der Waals surface area contributed by atoms with Crippen LogP contribution in [-0.2, 0) is 4.79 Å². The quantitative estimate of drug-likeness (QED) is 0.858. The van der Waals surface area contributed by atoms with E-state index < -0.39 is 6.10 Å². The molecule has 20 heavy (non-hydrogen) atoms. The number of para-hydroxylation sites is 1. The van der Waals surface area contributed by atoms with Crippen LogP contribution in [0.15, 0.2) is 35.7 Å². The predicted molar refractivity (Wildman–Crippen MR) is 77.9 cm³/mol. The Morgan fingerprint density at radius 3 is 2.85 bits per heavy atom. The van der Waals surface area contributed by atoms with Gasteiger partial charge in [-0.3, -0.25) is 4.79 Å². The SMILES string of the molecule is CC(O)c1csc(NC(=O)CCOc2ccccc2)n1. The molecule has 1 aromatic carbocycles. The molecular weight excluding hydrogens is 276 g/mol. The number of thiazole rings is 1. The van der Waals surface area contributed by atoms with Crippen LogP contribution in [0.5, 0.6) is 5.75 Å². The van der Waals surface area contributed by atoms with Crippen LogP contribution in [0.25, 0.3) is 0 Å². The van der Waals surface area contributed by atoms with Gasteiger partial charge in [0.05, 0.1) is 24.8 Å². The molecule has 2 N–H and O–H groups in total. The minimum absolute atomic E-state index is 0.160. The third-order valence-electron chi connectivity index (χ3n) is 2.54. The van der Waals surface area contributed by atoms with E-state index in [1.54, 1.807) is 12.3 Å². The topological polar surface area (TPSA) is 71.5 Å². The van der Waals surface area contributed by atoms with E-state index in [0.717, 1.165) is 5.75 Å². The van der Waals surface area contributed by atoms with Gasteiger partial charge < -0.3 is 15.2 Å². The molecule has 2 rings (SSSR count). The maximum Gasteiger partial charge on any atom is 0.229 e. The Morgan fingerprint density at radius 1 is 1.45 bits per heavy atom. The third-order valence-corrected chi connectivity index (χ3v) is 3.31. The maximum absolute atomic E-state index is 11.7. The molecule has 0 saturated heterocycles. The Morgan fingerprint density at radius 2 is 2.20 bits per heavy atom. The Bertz CT molecular complexity index is 555. The molecule has 1 aromatic heterocycles. The Balaban J connectivity index is 1.75. The van der Waals surface area contributed by atoms with E-state index in [0.29, 0.717) is 17.4 Å². The zero-order valence-corrected chi connectivity index (χ0v) is 11.9. The lowest BCUT2D eigenvalue weighted by molar-refractivity contribution is -0.116. The highest BCUT2D eigenvalue weighted by Crippen LogP contribution is 2.20. The van der Waals surface area contributed by atoms with Crippen LogP contribution in [-0.4, -0.2) is 22.6 Å². The molecule has 0 saturated carbocycles. The van der Waals surface area contributed by atoms with Crippen molar-refractivity contribution in [3.8, 4) is 5.75 Å². The van der Waals surface area contributed by atoms with Gasteiger partial charge in [0.15, 0.2) is 5.13 Å². The summed E-state index contributed by atoms with van der Waals surface area (Å²) in [7, 11) is 0. The molecule has 1 amide bonds. The molecule has 1 heterocycles. The van der Waals surface area contributed by atoms with Gasteiger partial charge in [-0.15, -0.1) is 11.3 Å². The molecule has 1 atom stereocenters. The smallest absolute Gasteiger partial charge is 0.229 e. The number of benzene rings is 1. The van der Waals surface area contributed by atoms with Crippen molar-refractivity contribution < 1.29 is 14.6 Å². The van der Waals surface area contributed by atoms with Crippen molar-refractivity contribution in [2.24, 2.45) is 0 Å².